The molecule has 0 radical (unpaired) electrons. The van der Waals surface area contributed by atoms with Gasteiger partial charge in [0.1, 0.15) is 12.0 Å². The van der Waals surface area contributed by atoms with Crippen molar-refractivity contribution in [3.05, 3.63) is 29.8 Å². The third-order valence-corrected chi connectivity index (χ3v) is 3.36. The lowest BCUT2D eigenvalue weighted by molar-refractivity contribution is -0.112. The van der Waals surface area contributed by atoms with E-state index in [1.807, 2.05) is 18.7 Å². The highest BCUT2D eigenvalue weighted by atomic mass is 16.5. The fraction of sp³-hybridized carbons (Fsp3) is 0.500. The first-order valence-corrected chi connectivity index (χ1v) is 7.13. The highest BCUT2D eigenvalue weighted by molar-refractivity contribution is 5.94. The number of nitrogens with zero attached hydrogens (tertiary/aromatic N) is 1. The summed E-state index contributed by atoms with van der Waals surface area (Å²) >= 11 is 0. The van der Waals surface area contributed by atoms with Crippen LogP contribution in [0.2, 0.25) is 0 Å². The van der Waals surface area contributed by atoms with Gasteiger partial charge in [0.2, 0.25) is 0 Å². The Morgan fingerprint density at radius 1 is 1.20 bits per heavy atom. The van der Waals surface area contributed by atoms with E-state index in [1.54, 1.807) is 31.4 Å². The Morgan fingerprint density at radius 3 is 2.20 bits per heavy atom. The van der Waals surface area contributed by atoms with Crippen LogP contribution in [0.1, 0.15) is 37.0 Å². The summed E-state index contributed by atoms with van der Waals surface area (Å²) in [7, 11) is 1.60. The maximum atomic E-state index is 12.2. The number of amides is 1. The molecule has 1 amide bonds. The van der Waals surface area contributed by atoms with Crippen molar-refractivity contribution in [2.75, 3.05) is 20.2 Å². The van der Waals surface area contributed by atoms with Crippen LogP contribution in [-0.2, 0) is 4.79 Å². The minimum Gasteiger partial charge on any atom is -0.497 e. The number of rotatable bonds is 3. The number of piperidine rings is 1. The number of hydrogen-bond donors (Lipinski definition) is 0. The maximum absolute atomic E-state index is 12.2. The van der Waals surface area contributed by atoms with Crippen molar-refractivity contribution in [1.29, 1.82) is 0 Å². The number of carbonyl (C=O) groups is 2. The summed E-state index contributed by atoms with van der Waals surface area (Å²) in [4.78, 5) is 24.7. The summed E-state index contributed by atoms with van der Waals surface area (Å²) in [5.41, 5.74) is 0.667. The van der Waals surface area contributed by atoms with Crippen molar-refractivity contribution in [1.82, 2.24) is 4.90 Å². The number of hydrogen-bond acceptors (Lipinski definition) is 3. The molecule has 1 heterocycles. The number of carbonyl (C=O) groups excluding carboxylic acids is 2. The molecule has 2 rings (SSSR count). The largest absolute Gasteiger partial charge is 0.497 e. The zero-order valence-corrected chi connectivity index (χ0v) is 12.5. The number of benzene rings is 1. The zero-order valence-electron chi connectivity index (χ0n) is 12.5. The first-order chi connectivity index (χ1) is 9.74. The van der Waals surface area contributed by atoms with Crippen LogP contribution >= 0.6 is 0 Å². The molecule has 4 heteroatoms. The average molecular weight is 277 g/mol. The Labute approximate surface area is 120 Å². The van der Waals surface area contributed by atoms with Crippen molar-refractivity contribution >= 4 is 12.2 Å². The molecule has 1 saturated heterocycles. The number of aldehydes is 1. The van der Waals surface area contributed by atoms with Crippen LogP contribution in [0.15, 0.2) is 24.3 Å². The van der Waals surface area contributed by atoms with E-state index in [2.05, 4.69) is 0 Å². The highest BCUT2D eigenvalue weighted by Crippen LogP contribution is 2.18. The Balaban J connectivity index is 0.000000956. The molecule has 1 aromatic carbocycles. The monoisotopic (exact) mass is 277 g/mol. The van der Waals surface area contributed by atoms with Gasteiger partial charge < -0.3 is 14.4 Å². The van der Waals surface area contributed by atoms with E-state index in [0.29, 0.717) is 18.7 Å². The summed E-state index contributed by atoms with van der Waals surface area (Å²) in [5, 5.41) is 0. The van der Waals surface area contributed by atoms with E-state index in [9.17, 15) is 9.59 Å². The van der Waals surface area contributed by atoms with E-state index in [-0.39, 0.29) is 11.8 Å². The third-order valence-electron chi connectivity index (χ3n) is 3.36. The average Bonchev–Trinajstić information content (AvgIpc) is 2.56. The molecule has 1 aromatic rings. The zero-order chi connectivity index (χ0) is 15.0. The lowest BCUT2D eigenvalue weighted by atomic mass is 9.98. The van der Waals surface area contributed by atoms with Gasteiger partial charge in [0.05, 0.1) is 7.11 Å². The summed E-state index contributed by atoms with van der Waals surface area (Å²) < 4.78 is 5.06. The molecule has 1 fully saturated rings. The van der Waals surface area contributed by atoms with Gasteiger partial charge in [-0.25, -0.2) is 0 Å². The van der Waals surface area contributed by atoms with Crippen molar-refractivity contribution < 1.29 is 14.3 Å². The van der Waals surface area contributed by atoms with E-state index < -0.39 is 0 Å². The second-order valence-electron chi connectivity index (χ2n) is 4.49. The van der Waals surface area contributed by atoms with Gasteiger partial charge in [0.25, 0.3) is 5.91 Å². The van der Waals surface area contributed by atoms with Crippen molar-refractivity contribution in [3.8, 4) is 5.75 Å². The van der Waals surface area contributed by atoms with Crippen LogP contribution in [0.4, 0.5) is 0 Å². The number of ether oxygens (including phenoxy) is 1. The third kappa shape index (κ3) is 4.08. The molecule has 0 aliphatic carbocycles. The van der Waals surface area contributed by atoms with Gasteiger partial charge in [0.15, 0.2) is 0 Å². The van der Waals surface area contributed by atoms with Crippen molar-refractivity contribution in [2.24, 2.45) is 5.92 Å². The first-order valence-electron chi connectivity index (χ1n) is 7.13. The number of methoxy groups -OCH3 is 1. The van der Waals surface area contributed by atoms with E-state index in [4.69, 9.17) is 4.74 Å². The fourth-order valence-corrected chi connectivity index (χ4v) is 2.15. The Kier molecular flexibility index (Phi) is 6.77. The minimum atomic E-state index is 0.0296. The van der Waals surface area contributed by atoms with Gasteiger partial charge in [-0.15, -0.1) is 0 Å². The molecule has 0 aromatic heterocycles. The Bertz CT molecular complexity index is 420. The molecular formula is C16H23NO3. The van der Waals surface area contributed by atoms with Gasteiger partial charge in [-0.3, -0.25) is 4.79 Å². The maximum Gasteiger partial charge on any atom is 0.253 e. The van der Waals surface area contributed by atoms with Crippen LogP contribution in [0.3, 0.4) is 0 Å². The molecule has 0 atom stereocenters. The topological polar surface area (TPSA) is 46.6 Å². The second kappa shape index (κ2) is 8.35. The molecule has 0 bridgehead atoms. The molecule has 0 unspecified atom stereocenters. The summed E-state index contributed by atoms with van der Waals surface area (Å²) in [6.07, 6.45) is 2.53. The molecule has 1 aliphatic heterocycles. The van der Waals surface area contributed by atoms with Gasteiger partial charge in [-0.05, 0) is 37.1 Å². The van der Waals surface area contributed by atoms with E-state index >= 15 is 0 Å². The highest BCUT2D eigenvalue weighted by Gasteiger charge is 2.23. The lowest BCUT2D eigenvalue weighted by Crippen LogP contribution is -2.38. The molecule has 110 valence electrons. The summed E-state index contributed by atoms with van der Waals surface area (Å²) in [5.74, 6) is 0.887. The predicted octanol–water partition coefficient (Wildman–Crippen LogP) is 2.77. The smallest absolute Gasteiger partial charge is 0.253 e. The van der Waals surface area contributed by atoms with Crippen LogP contribution in [0.5, 0.6) is 5.75 Å². The van der Waals surface area contributed by atoms with Crippen LogP contribution in [0.25, 0.3) is 0 Å². The van der Waals surface area contributed by atoms with Crippen LogP contribution in [0, 0.1) is 5.92 Å². The standard InChI is InChI=1S/C14H17NO3.C2H6/c1-18-13-4-2-12(3-5-13)14(17)15-8-6-11(10-16)7-9-15;1-2/h2-5,10-11H,6-9H2,1H3;1-2H3. The second-order valence-corrected chi connectivity index (χ2v) is 4.49. The van der Waals surface area contributed by atoms with Gasteiger partial charge >= 0.3 is 0 Å². The number of likely N-dealkylation sites (tertiary alicyclic amines) is 1. The molecule has 0 N–H and O–H groups in total. The van der Waals surface area contributed by atoms with E-state index in [1.165, 1.54) is 0 Å². The van der Waals surface area contributed by atoms with Crippen LogP contribution in [-0.4, -0.2) is 37.3 Å². The fourth-order valence-electron chi connectivity index (χ4n) is 2.15. The van der Waals surface area contributed by atoms with Crippen molar-refractivity contribution in [3.63, 3.8) is 0 Å². The van der Waals surface area contributed by atoms with Gasteiger partial charge in [0, 0.05) is 24.6 Å². The molecule has 0 spiro atoms. The Morgan fingerprint density at radius 2 is 1.75 bits per heavy atom. The molecule has 0 saturated carbocycles. The summed E-state index contributed by atoms with van der Waals surface area (Å²) in [6.45, 7) is 5.32. The van der Waals surface area contributed by atoms with Crippen LogP contribution < -0.4 is 4.74 Å². The molecule has 1 aliphatic rings. The normalized spacial score (nSPS) is 15.1. The minimum absolute atomic E-state index is 0.0296. The molecular weight excluding hydrogens is 254 g/mol. The van der Waals surface area contributed by atoms with E-state index in [0.717, 1.165) is 24.9 Å². The lowest BCUT2D eigenvalue weighted by Gasteiger charge is -2.29. The van der Waals surface area contributed by atoms with Gasteiger partial charge in [-0.2, -0.15) is 0 Å². The Hall–Kier alpha value is -1.84. The quantitative estimate of drug-likeness (QED) is 0.798. The summed E-state index contributed by atoms with van der Waals surface area (Å²) in [6, 6.07) is 7.11. The first kappa shape index (κ1) is 16.2. The molecule has 20 heavy (non-hydrogen) atoms. The molecule has 4 nitrogen and oxygen atoms in total. The predicted molar refractivity (Wildman–Crippen MR) is 79.0 cm³/mol. The van der Waals surface area contributed by atoms with Gasteiger partial charge in [-0.1, -0.05) is 13.8 Å². The SMILES string of the molecule is CC.COc1ccc(C(=O)N2CCC(C=O)CC2)cc1. The van der Waals surface area contributed by atoms with Crippen molar-refractivity contribution in [2.45, 2.75) is 26.7 Å².